The van der Waals surface area contributed by atoms with Crippen LogP contribution < -0.4 is 0 Å². The summed E-state index contributed by atoms with van der Waals surface area (Å²) >= 11 is 3.21. The maximum absolute atomic E-state index is 13.1. The van der Waals surface area contributed by atoms with E-state index in [4.69, 9.17) is 9.84 Å². The van der Waals surface area contributed by atoms with Gasteiger partial charge in [-0.05, 0) is 34.1 Å². The second-order valence-corrected chi connectivity index (χ2v) is 4.49. The first kappa shape index (κ1) is 15.1. The van der Waals surface area contributed by atoms with E-state index in [1.54, 1.807) is 0 Å². The summed E-state index contributed by atoms with van der Waals surface area (Å²) in [6.07, 6.45) is 0. The Hall–Kier alpha value is -0.980. The third-order valence-electron chi connectivity index (χ3n) is 2.38. The monoisotopic (exact) mass is 319 g/mol. The summed E-state index contributed by atoms with van der Waals surface area (Å²) in [5, 5.41) is 8.94. The van der Waals surface area contributed by atoms with E-state index < -0.39 is 5.82 Å². The van der Waals surface area contributed by atoms with Crippen molar-refractivity contribution < 1.29 is 19.0 Å². The highest BCUT2D eigenvalue weighted by molar-refractivity contribution is 9.10. The van der Waals surface area contributed by atoms with Crippen LogP contribution in [-0.2, 0) is 4.74 Å². The zero-order valence-electron chi connectivity index (χ0n) is 10.0. The predicted octanol–water partition coefficient (Wildman–Crippen LogP) is 1.67. The summed E-state index contributed by atoms with van der Waals surface area (Å²) in [7, 11) is 1.53. The van der Waals surface area contributed by atoms with Gasteiger partial charge in [-0.15, -0.1) is 0 Å². The first-order valence-electron chi connectivity index (χ1n) is 5.44. The zero-order chi connectivity index (χ0) is 13.5. The standard InChI is InChI=1S/C12H15BrFNO3/c1-18-7-5-15(4-6-16)12(17)10-8-9(14)2-3-11(10)13/h2-3,8,16H,4-7H2,1H3. The summed E-state index contributed by atoms with van der Waals surface area (Å²) < 4.78 is 18.6. The molecular formula is C12H15BrFNO3. The molecule has 0 bridgehead atoms. The van der Waals surface area contributed by atoms with Gasteiger partial charge in [-0.25, -0.2) is 4.39 Å². The second-order valence-electron chi connectivity index (χ2n) is 3.63. The van der Waals surface area contributed by atoms with Crippen molar-refractivity contribution in [2.45, 2.75) is 0 Å². The van der Waals surface area contributed by atoms with Gasteiger partial charge in [0.1, 0.15) is 5.82 Å². The molecule has 0 saturated heterocycles. The molecule has 18 heavy (non-hydrogen) atoms. The Bertz CT molecular complexity index is 414. The van der Waals surface area contributed by atoms with Gasteiger partial charge in [0, 0.05) is 24.7 Å². The van der Waals surface area contributed by atoms with E-state index in [2.05, 4.69) is 15.9 Å². The number of methoxy groups -OCH3 is 1. The minimum absolute atomic E-state index is 0.150. The fourth-order valence-electron chi connectivity index (χ4n) is 1.47. The molecule has 1 aromatic rings. The van der Waals surface area contributed by atoms with E-state index in [0.29, 0.717) is 17.6 Å². The third-order valence-corrected chi connectivity index (χ3v) is 3.07. The van der Waals surface area contributed by atoms with Gasteiger partial charge in [0.15, 0.2) is 0 Å². The minimum Gasteiger partial charge on any atom is -0.395 e. The van der Waals surface area contributed by atoms with Crippen molar-refractivity contribution in [1.82, 2.24) is 4.90 Å². The maximum atomic E-state index is 13.1. The molecule has 1 N–H and O–H groups in total. The molecule has 1 rings (SSSR count). The number of rotatable bonds is 6. The van der Waals surface area contributed by atoms with Gasteiger partial charge in [0.25, 0.3) is 5.91 Å². The number of aliphatic hydroxyl groups is 1. The molecule has 0 saturated carbocycles. The Morgan fingerprint density at radius 1 is 1.50 bits per heavy atom. The van der Waals surface area contributed by atoms with E-state index >= 15 is 0 Å². The lowest BCUT2D eigenvalue weighted by atomic mass is 10.2. The van der Waals surface area contributed by atoms with Gasteiger partial charge in [-0.3, -0.25) is 4.79 Å². The predicted molar refractivity (Wildman–Crippen MR) is 69.0 cm³/mol. The van der Waals surface area contributed by atoms with Crippen LogP contribution in [0, 0.1) is 5.82 Å². The van der Waals surface area contributed by atoms with E-state index in [1.165, 1.54) is 30.2 Å². The van der Waals surface area contributed by atoms with Gasteiger partial charge in [0.2, 0.25) is 0 Å². The average Bonchev–Trinajstić information content (AvgIpc) is 2.36. The van der Waals surface area contributed by atoms with Crippen molar-refractivity contribution in [1.29, 1.82) is 0 Å². The van der Waals surface area contributed by atoms with Crippen molar-refractivity contribution >= 4 is 21.8 Å². The normalized spacial score (nSPS) is 10.4. The molecule has 1 aromatic carbocycles. The molecule has 0 aliphatic rings. The summed E-state index contributed by atoms with van der Waals surface area (Å²) in [5.74, 6) is -0.815. The Kier molecular flexibility index (Phi) is 6.24. The van der Waals surface area contributed by atoms with Gasteiger partial charge < -0.3 is 14.7 Å². The number of carbonyl (C=O) groups is 1. The Morgan fingerprint density at radius 2 is 2.22 bits per heavy atom. The van der Waals surface area contributed by atoms with E-state index in [0.717, 1.165) is 0 Å². The Balaban J connectivity index is 2.90. The molecule has 0 fully saturated rings. The Morgan fingerprint density at radius 3 is 2.83 bits per heavy atom. The second kappa shape index (κ2) is 7.45. The number of amides is 1. The zero-order valence-corrected chi connectivity index (χ0v) is 11.6. The van der Waals surface area contributed by atoms with Crippen LogP contribution in [0.25, 0.3) is 0 Å². The highest BCUT2D eigenvalue weighted by Gasteiger charge is 2.18. The fourth-order valence-corrected chi connectivity index (χ4v) is 1.89. The van der Waals surface area contributed by atoms with Crippen LogP contribution >= 0.6 is 15.9 Å². The maximum Gasteiger partial charge on any atom is 0.255 e. The van der Waals surface area contributed by atoms with Crippen LogP contribution in [-0.4, -0.2) is 49.3 Å². The van der Waals surface area contributed by atoms with Crippen LogP contribution in [0.1, 0.15) is 10.4 Å². The molecule has 0 spiro atoms. The van der Waals surface area contributed by atoms with Crippen molar-refractivity contribution in [3.8, 4) is 0 Å². The number of halogens is 2. The summed E-state index contributed by atoms with van der Waals surface area (Å²) in [5.41, 5.74) is 0.236. The molecule has 0 aromatic heterocycles. The SMILES string of the molecule is COCCN(CCO)C(=O)c1cc(F)ccc1Br. The number of carbonyl (C=O) groups excluding carboxylic acids is 1. The molecule has 100 valence electrons. The van der Waals surface area contributed by atoms with E-state index in [1.807, 2.05) is 0 Å². The molecule has 0 heterocycles. The largest absolute Gasteiger partial charge is 0.395 e. The Labute approximate surface area is 113 Å². The number of aliphatic hydroxyl groups excluding tert-OH is 1. The highest BCUT2D eigenvalue weighted by atomic mass is 79.9. The van der Waals surface area contributed by atoms with Gasteiger partial charge in [-0.2, -0.15) is 0 Å². The first-order valence-corrected chi connectivity index (χ1v) is 6.23. The number of nitrogens with zero attached hydrogens (tertiary/aromatic N) is 1. The summed E-state index contributed by atoms with van der Waals surface area (Å²) in [6, 6.07) is 3.92. The van der Waals surface area contributed by atoms with Crippen molar-refractivity contribution in [3.63, 3.8) is 0 Å². The topological polar surface area (TPSA) is 49.8 Å². The van der Waals surface area contributed by atoms with Crippen LogP contribution in [0.15, 0.2) is 22.7 Å². The molecule has 1 amide bonds. The number of ether oxygens (including phenoxy) is 1. The lowest BCUT2D eigenvalue weighted by Gasteiger charge is -2.22. The molecule has 4 nitrogen and oxygen atoms in total. The highest BCUT2D eigenvalue weighted by Crippen LogP contribution is 2.19. The third kappa shape index (κ3) is 4.04. The van der Waals surface area contributed by atoms with E-state index in [-0.39, 0.29) is 24.6 Å². The molecule has 0 aliphatic carbocycles. The van der Waals surface area contributed by atoms with Gasteiger partial charge in [0.05, 0.1) is 18.8 Å². The van der Waals surface area contributed by atoms with Crippen molar-refractivity contribution in [3.05, 3.63) is 34.1 Å². The average molecular weight is 320 g/mol. The summed E-state index contributed by atoms with van der Waals surface area (Å²) in [6.45, 7) is 0.741. The van der Waals surface area contributed by atoms with E-state index in [9.17, 15) is 9.18 Å². The lowest BCUT2D eigenvalue weighted by Crippen LogP contribution is -2.36. The van der Waals surface area contributed by atoms with Gasteiger partial charge >= 0.3 is 0 Å². The summed E-state index contributed by atoms with van der Waals surface area (Å²) in [4.78, 5) is 13.6. The van der Waals surface area contributed by atoms with Crippen LogP contribution in [0.3, 0.4) is 0 Å². The van der Waals surface area contributed by atoms with Crippen molar-refractivity contribution in [2.24, 2.45) is 0 Å². The van der Waals surface area contributed by atoms with Crippen LogP contribution in [0.5, 0.6) is 0 Å². The fraction of sp³-hybridized carbons (Fsp3) is 0.417. The smallest absolute Gasteiger partial charge is 0.255 e. The molecule has 0 aliphatic heterocycles. The van der Waals surface area contributed by atoms with Crippen LogP contribution in [0.2, 0.25) is 0 Å². The lowest BCUT2D eigenvalue weighted by molar-refractivity contribution is 0.0655. The quantitative estimate of drug-likeness (QED) is 0.867. The minimum atomic E-state index is -0.475. The number of hydrogen-bond donors (Lipinski definition) is 1. The molecule has 0 unspecified atom stereocenters. The van der Waals surface area contributed by atoms with Gasteiger partial charge in [-0.1, -0.05) is 0 Å². The van der Waals surface area contributed by atoms with Crippen LogP contribution in [0.4, 0.5) is 4.39 Å². The van der Waals surface area contributed by atoms with Crippen molar-refractivity contribution in [2.75, 3.05) is 33.4 Å². The molecular weight excluding hydrogens is 305 g/mol. The number of hydrogen-bond acceptors (Lipinski definition) is 3. The molecule has 0 atom stereocenters. The number of benzene rings is 1. The molecule has 0 radical (unpaired) electrons. The molecule has 6 heteroatoms. The first-order chi connectivity index (χ1) is 8.60.